The molecule has 0 saturated heterocycles. The van der Waals surface area contributed by atoms with Gasteiger partial charge in [-0.2, -0.15) is 0 Å². The zero-order chi connectivity index (χ0) is 23.0. The van der Waals surface area contributed by atoms with Gasteiger partial charge < -0.3 is 14.7 Å². The highest BCUT2D eigenvalue weighted by Crippen LogP contribution is 2.56. The van der Waals surface area contributed by atoms with Crippen molar-refractivity contribution in [3.8, 4) is 28.4 Å². The van der Waals surface area contributed by atoms with Crippen LogP contribution < -0.4 is 15.1 Å². The summed E-state index contributed by atoms with van der Waals surface area (Å²) in [6.07, 6.45) is 2.56. The van der Waals surface area contributed by atoms with Crippen LogP contribution in [-0.2, 0) is 17.4 Å². The third-order valence-electron chi connectivity index (χ3n) is 5.90. The number of phenolic OH excluding ortho intramolecular Hbond substituents is 2. The topological polar surface area (TPSA) is 66.8 Å². The molecule has 4 nitrogen and oxygen atoms in total. The van der Waals surface area contributed by atoms with Crippen molar-refractivity contribution in [1.82, 2.24) is 0 Å². The molecule has 0 amide bonds. The number of allylic oxidation sites excluding steroid dienone is 1. The Morgan fingerprint density at radius 1 is 0.818 bits per heavy atom. The van der Waals surface area contributed by atoms with E-state index in [1.807, 2.05) is 60.7 Å². The van der Waals surface area contributed by atoms with Gasteiger partial charge in [0.25, 0.3) is 0 Å². The van der Waals surface area contributed by atoms with Gasteiger partial charge in [-0.25, -0.2) is 0 Å². The number of phenols is 2. The minimum absolute atomic E-state index is 0.0840. The molecule has 1 aliphatic heterocycles. The zero-order valence-corrected chi connectivity index (χ0v) is 18.8. The van der Waals surface area contributed by atoms with Crippen LogP contribution in [0.4, 0.5) is 0 Å². The number of fused-ring (bicyclic) bond motifs is 3. The van der Waals surface area contributed by atoms with Gasteiger partial charge in [0.15, 0.2) is 0 Å². The number of para-hydroxylation sites is 1. The molecule has 5 rings (SSSR count). The average Bonchev–Trinajstić information content (AvgIpc) is 2.83. The van der Waals surface area contributed by atoms with E-state index in [0.29, 0.717) is 29.5 Å². The van der Waals surface area contributed by atoms with Crippen molar-refractivity contribution in [1.29, 1.82) is 0 Å². The summed E-state index contributed by atoms with van der Waals surface area (Å²) in [6, 6.07) is 26.1. The number of hydrogen-bond acceptors (Lipinski definition) is 4. The van der Waals surface area contributed by atoms with E-state index >= 15 is 0 Å². The molecule has 2 N–H and O–H groups in total. The minimum Gasteiger partial charge on any atom is -0.508 e. The number of aromatic hydroxyl groups is 2. The first kappa shape index (κ1) is 21.1. The van der Waals surface area contributed by atoms with Gasteiger partial charge in [-0.1, -0.05) is 72.8 Å². The lowest BCUT2D eigenvalue weighted by molar-refractivity contribution is 0.455. The second-order valence-electron chi connectivity index (χ2n) is 8.08. The number of hydrogen-bond donors (Lipinski definition) is 2. The van der Waals surface area contributed by atoms with E-state index in [1.54, 1.807) is 18.2 Å². The second kappa shape index (κ2) is 8.31. The molecule has 0 bridgehead atoms. The molecule has 0 fully saturated rings. The van der Waals surface area contributed by atoms with Gasteiger partial charge in [0.1, 0.15) is 17.2 Å². The van der Waals surface area contributed by atoms with Crippen molar-refractivity contribution < 1.29 is 19.3 Å². The van der Waals surface area contributed by atoms with Crippen LogP contribution in [0.1, 0.15) is 16.7 Å². The molecular formula is C28H23O4P. The molecule has 0 radical (unpaired) electrons. The molecule has 0 spiro atoms. The number of rotatable bonds is 5. The zero-order valence-electron chi connectivity index (χ0n) is 17.9. The second-order valence-corrected chi connectivity index (χ2v) is 10.3. The molecule has 1 atom stereocenters. The Kier molecular flexibility index (Phi) is 5.32. The third-order valence-corrected chi connectivity index (χ3v) is 8.34. The van der Waals surface area contributed by atoms with Crippen LogP contribution in [0.3, 0.4) is 0 Å². The van der Waals surface area contributed by atoms with Crippen molar-refractivity contribution in [2.24, 2.45) is 0 Å². The summed E-state index contributed by atoms with van der Waals surface area (Å²) in [6.45, 7) is 3.71. The van der Waals surface area contributed by atoms with Crippen LogP contribution >= 0.6 is 7.37 Å². The van der Waals surface area contributed by atoms with Gasteiger partial charge >= 0.3 is 7.37 Å². The van der Waals surface area contributed by atoms with Crippen LogP contribution in [-0.4, -0.2) is 10.2 Å². The standard InChI is InChI=1S/C28H23O4P/c1-2-9-20-17-22(29)18-26(27(20)30)33(31)25-15-7-6-13-23(25)24-14-8-12-21(28(24)32-33)16-19-10-4-3-5-11-19/h2-8,10-15,17-18,29-30H,1,9,16H2. The fourth-order valence-corrected chi connectivity index (χ4v) is 6.82. The van der Waals surface area contributed by atoms with Gasteiger partial charge in [-0.3, -0.25) is 4.57 Å². The van der Waals surface area contributed by atoms with Gasteiger partial charge in [0.05, 0.1) is 10.6 Å². The smallest absolute Gasteiger partial charge is 0.311 e. The Bertz CT molecular complexity index is 1410. The third kappa shape index (κ3) is 3.63. The highest BCUT2D eigenvalue weighted by atomic mass is 31.2. The maximum absolute atomic E-state index is 14.6. The molecule has 33 heavy (non-hydrogen) atoms. The van der Waals surface area contributed by atoms with Crippen LogP contribution in [0.25, 0.3) is 11.1 Å². The first-order valence-electron chi connectivity index (χ1n) is 10.7. The van der Waals surface area contributed by atoms with E-state index in [2.05, 4.69) is 6.58 Å². The van der Waals surface area contributed by atoms with Gasteiger partial charge in [0.2, 0.25) is 0 Å². The molecule has 0 aliphatic carbocycles. The first-order chi connectivity index (χ1) is 16.0. The Morgan fingerprint density at radius 2 is 1.55 bits per heavy atom. The summed E-state index contributed by atoms with van der Waals surface area (Å²) in [5, 5.41) is 22.0. The Hall–Kier alpha value is -3.75. The quantitative estimate of drug-likeness (QED) is 0.230. The summed E-state index contributed by atoms with van der Waals surface area (Å²) in [5.41, 5.74) is 4.11. The van der Waals surface area contributed by atoms with Crippen LogP contribution in [0, 0.1) is 0 Å². The summed E-state index contributed by atoms with van der Waals surface area (Å²) >= 11 is 0. The summed E-state index contributed by atoms with van der Waals surface area (Å²) < 4.78 is 21.0. The Balaban J connectivity index is 1.73. The Labute approximate surface area is 192 Å². The highest BCUT2D eigenvalue weighted by molar-refractivity contribution is 7.75. The lowest BCUT2D eigenvalue weighted by Crippen LogP contribution is -2.26. The lowest BCUT2D eigenvalue weighted by atomic mass is 9.97. The fourth-order valence-electron chi connectivity index (χ4n) is 4.37. The van der Waals surface area contributed by atoms with E-state index < -0.39 is 7.37 Å². The number of benzene rings is 4. The van der Waals surface area contributed by atoms with E-state index in [-0.39, 0.29) is 16.8 Å². The van der Waals surface area contributed by atoms with Crippen molar-refractivity contribution in [3.63, 3.8) is 0 Å². The summed E-state index contributed by atoms with van der Waals surface area (Å²) in [4.78, 5) is 0. The molecule has 1 heterocycles. The molecular weight excluding hydrogens is 431 g/mol. The molecule has 5 heteroatoms. The van der Waals surface area contributed by atoms with Crippen LogP contribution in [0.15, 0.2) is 97.6 Å². The monoisotopic (exact) mass is 454 g/mol. The first-order valence-corrected chi connectivity index (χ1v) is 12.4. The van der Waals surface area contributed by atoms with E-state index in [0.717, 1.165) is 22.3 Å². The van der Waals surface area contributed by atoms with Gasteiger partial charge in [0, 0.05) is 17.5 Å². The van der Waals surface area contributed by atoms with E-state index in [4.69, 9.17) is 4.52 Å². The average molecular weight is 454 g/mol. The van der Waals surface area contributed by atoms with Crippen molar-refractivity contribution in [2.75, 3.05) is 0 Å². The van der Waals surface area contributed by atoms with E-state index in [9.17, 15) is 14.8 Å². The predicted molar refractivity (Wildman–Crippen MR) is 132 cm³/mol. The molecule has 1 aliphatic rings. The summed E-state index contributed by atoms with van der Waals surface area (Å²) in [5.74, 6) is 0.311. The SMILES string of the molecule is C=CCc1cc(O)cc(P2(=O)Oc3c(Cc4ccccc4)cccc3-c3ccccc32)c1O. The largest absolute Gasteiger partial charge is 0.508 e. The van der Waals surface area contributed by atoms with Gasteiger partial charge in [-0.15, -0.1) is 6.58 Å². The lowest BCUT2D eigenvalue weighted by Gasteiger charge is -2.31. The highest BCUT2D eigenvalue weighted by Gasteiger charge is 2.41. The molecule has 0 aromatic heterocycles. The molecule has 1 unspecified atom stereocenters. The normalized spacial score (nSPS) is 16.4. The van der Waals surface area contributed by atoms with Gasteiger partial charge in [-0.05, 0) is 41.3 Å². The van der Waals surface area contributed by atoms with E-state index in [1.165, 1.54) is 12.1 Å². The maximum atomic E-state index is 14.6. The van der Waals surface area contributed by atoms with Crippen LogP contribution in [0.2, 0.25) is 0 Å². The molecule has 4 aromatic rings. The minimum atomic E-state index is -3.78. The predicted octanol–water partition coefficient (Wildman–Crippen LogP) is 5.71. The summed E-state index contributed by atoms with van der Waals surface area (Å²) in [7, 11) is -3.78. The van der Waals surface area contributed by atoms with Crippen LogP contribution in [0.5, 0.6) is 17.2 Å². The maximum Gasteiger partial charge on any atom is 0.311 e. The molecule has 164 valence electrons. The fraction of sp³-hybridized carbons (Fsp3) is 0.0714. The molecule has 0 saturated carbocycles. The van der Waals surface area contributed by atoms with Crippen molar-refractivity contribution in [3.05, 3.63) is 114 Å². The van der Waals surface area contributed by atoms with Crippen molar-refractivity contribution in [2.45, 2.75) is 12.8 Å². The Morgan fingerprint density at radius 3 is 2.33 bits per heavy atom. The molecule has 4 aromatic carbocycles. The van der Waals surface area contributed by atoms with Crippen molar-refractivity contribution >= 4 is 18.0 Å².